The molecule has 0 aliphatic rings. The molecule has 2 N–H and O–H groups in total. The fraction of sp³-hybridized carbons (Fsp3) is 0.769. The SMILES string of the molecule is CCCn1c(CC(C)C)c(N)c(=O)n1CCC. The molecule has 0 aromatic carbocycles. The molecule has 0 fully saturated rings. The Labute approximate surface area is 103 Å². The van der Waals surface area contributed by atoms with E-state index in [1.54, 1.807) is 4.68 Å². The minimum atomic E-state index is -0.0176. The summed E-state index contributed by atoms with van der Waals surface area (Å²) in [7, 11) is 0. The summed E-state index contributed by atoms with van der Waals surface area (Å²) >= 11 is 0. The van der Waals surface area contributed by atoms with Crippen molar-refractivity contribution in [2.75, 3.05) is 5.73 Å². The van der Waals surface area contributed by atoms with Crippen LogP contribution >= 0.6 is 0 Å². The molecule has 0 saturated heterocycles. The Morgan fingerprint density at radius 1 is 1.12 bits per heavy atom. The molecule has 0 radical (unpaired) electrons. The quantitative estimate of drug-likeness (QED) is 0.827. The van der Waals surface area contributed by atoms with E-state index in [1.807, 2.05) is 0 Å². The number of rotatable bonds is 6. The topological polar surface area (TPSA) is 52.9 Å². The number of aromatic nitrogens is 2. The van der Waals surface area contributed by atoms with Gasteiger partial charge in [0.2, 0.25) is 0 Å². The summed E-state index contributed by atoms with van der Waals surface area (Å²) in [5.74, 6) is 0.511. The second-order valence-electron chi connectivity index (χ2n) is 5.01. The maximum Gasteiger partial charge on any atom is 0.290 e. The predicted molar refractivity (Wildman–Crippen MR) is 72.2 cm³/mol. The van der Waals surface area contributed by atoms with Gasteiger partial charge in [0.1, 0.15) is 5.69 Å². The number of nitrogen functional groups attached to an aromatic ring is 1. The van der Waals surface area contributed by atoms with E-state index in [4.69, 9.17) is 5.73 Å². The third-order valence-electron chi connectivity index (χ3n) is 2.85. The molecule has 0 amide bonds. The standard InChI is InChI=1S/C13H25N3O/c1-5-7-15-11(9-10(3)4)12(14)13(17)16(15)8-6-2/h10H,5-9,14H2,1-4H3. The lowest BCUT2D eigenvalue weighted by Crippen LogP contribution is -2.24. The summed E-state index contributed by atoms with van der Waals surface area (Å²) < 4.78 is 3.89. The molecular weight excluding hydrogens is 214 g/mol. The summed E-state index contributed by atoms with van der Waals surface area (Å²) in [6, 6.07) is 0. The van der Waals surface area contributed by atoms with Crippen molar-refractivity contribution in [2.45, 2.75) is 60.0 Å². The van der Waals surface area contributed by atoms with Crippen LogP contribution in [0.25, 0.3) is 0 Å². The second kappa shape index (κ2) is 5.94. The molecule has 1 rings (SSSR count). The maximum atomic E-state index is 12.1. The van der Waals surface area contributed by atoms with Crippen molar-refractivity contribution < 1.29 is 0 Å². The lowest BCUT2D eigenvalue weighted by molar-refractivity contribution is 0.415. The van der Waals surface area contributed by atoms with E-state index in [0.717, 1.165) is 38.0 Å². The Bertz CT molecular complexity index is 415. The molecule has 4 heteroatoms. The molecule has 0 bridgehead atoms. The number of nitrogens with two attached hydrogens (primary N) is 1. The Hall–Kier alpha value is -1.19. The first kappa shape index (κ1) is 13.9. The van der Waals surface area contributed by atoms with Crippen LogP contribution < -0.4 is 11.3 Å². The summed E-state index contributed by atoms with van der Waals surface area (Å²) in [4.78, 5) is 12.1. The normalized spacial score (nSPS) is 11.4. The van der Waals surface area contributed by atoms with Crippen molar-refractivity contribution in [1.82, 2.24) is 9.36 Å². The Morgan fingerprint density at radius 3 is 2.12 bits per heavy atom. The first-order chi connectivity index (χ1) is 8.02. The van der Waals surface area contributed by atoms with Crippen LogP contribution in [0.1, 0.15) is 46.2 Å². The van der Waals surface area contributed by atoms with Gasteiger partial charge in [-0.2, -0.15) is 0 Å². The minimum Gasteiger partial charge on any atom is -0.393 e. The van der Waals surface area contributed by atoms with Gasteiger partial charge in [0.05, 0.1) is 5.69 Å². The molecule has 0 unspecified atom stereocenters. The molecular formula is C13H25N3O. The van der Waals surface area contributed by atoms with E-state index in [9.17, 15) is 4.79 Å². The zero-order chi connectivity index (χ0) is 13.0. The number of nitrogens with zero attached hydrogens (tertiary/aromatic N) is 2. The van der Waals surface area contributed by atoms with Gasteiger partial charge in [-0.3, -0.25) is 9.48 Å². The average Bonchev–Trinajstić information content (AvgIpc) is 2.47. The Balaban J connectivity index is 3.25. The predicted octanol–water partition coefficient (Wildman–Crippen LogP) is 2.25. The zero-order valence-electron chi connectivity index (χ0n) is 11.5. The van der Waals surface area contributed by atoms with Crippen LogP contribution in [0.2, 0.25) is 0 Å². The van der Waals surface area contributed by atoms with Gasteiger partial charge in [0.15, 0.2) is 0 Å². The fourth-order valence-electron chi connectivity index (χ4n) is 2.16. The number of hydrogen-bond donors (Lipinski definition) is 1. The van der Waals surface area contributed by atoms with Crippen LogP contribution in [-0.2, 0) is 19.5 Å². The molecule has 1 heterocycles. The van der Waals surface area contributed by atoms with E-state index < -0.39 is 0 Å². The van der Waals surface area contributed by atoms with Crippen LogP contribution in [0.5, 0.6) is 0 Å². The third kappa shape index (κ3) is 2.93. The summed E-state index contributed by atoms with van der Waals surface area (Å²) in [5, 5.41) is 0. The molecule has 4 nitrogen and oxygen atoms in total. The van der Waals surface area contributed by atoms with Gasteiger partial charge >= 0.3 is 0 Å². The lowest BCUT2D eigenvalue weighted by Gasteiger charge is -2.14. The van der Waals surface area contributed by atoms with E-state index in [-0.39, 0.29) is 5.56 Å². The molecule has 0 saturated carbocycles. The lowest BCUT2D eigenvalue weighted by atomic mass is 10.1. The van der Waals surface area contributed by atoms with Gasteiger partial charge < -0.3 is 5.73 Å². The van der Waals surface area contributed by atoms with E-state index in [2.05, 4.69) is 32.4 Å². The van der Waals surface area contributed by atoms with E-state index in [1.165, 1.54) is 0 Å². The summed E-state index contributed by atoms with van der Waals surface area (Å²) in [6.07, 6.45) is 2.84. The largest absolute Gasteiger partial charge is 0.393 e. The highest BCUT2D eigenvalue weighted by atomic mass is 16.1. The van der Waals surface area contributed by atoms with Crippen molar-refractivity contribution in [3.8, 4) is 0 Å². The molecule has 0 spiro atoms. The van der Waals surface area contributed by atoms with Crippen molar-refractivity contribution in [1.29, 1.82) is 0 Å². The summed E-state index contributed by atoms with van der Waals surface area (Å²) in [6.45, 7) is 10.1. The monoisotopic (exact) mass is 239 g/mol. The highest BCUT2D eigenvalue weighted by molar-refractivity contribution is 5.41. The van der Waals surface area contributed by atoms with Crippen LogP contribution in [0.15, 0.2) is 4.79 Å². The van der Waals surface area contributed by atoms with Crippen LogP contribution in [-0.4, -0.2) is 9.36 Å². The minimum absolute atomic E-state index is 0.0176. The Morgan fingerprint density at radius 2 is 1.65 bits per heavy atom. The first-order valence-electron chi connectivity index (χ1n) is 6.60. The van der Waals surface area contributed by atoms with Crippen molar-refractivity contribution in [3.05, 3.63) is 16.0 Å². The molecule has 0 aliphatic heterocycles. The van der Waals surface area contributed by atoms with Gasteiger partial charge in [-0.15, -0.1) is 0 Å². The van der Waals surface area contributed by atoms with E-state index >= 15 is 0 Å². The van der Waals surface area contributed by atoms with Crippen molar-refractivity contribution in [2.24, 2.45) is 5.92 Å². The molecule has 17 heavy (non-hydrogen) atoms. The Kier molecular flexibility index (Phi) is 4.85. The summed E-state index contributed by atoms with van der Waals surface area (Å²) in [5.41, 5.74) is 7.40. The van der Waals surface area contributed by atoms with Crippen molar-refractivity contribution in [3.63, 3.8) is 0 Å². The molecule has 0 aliphatic carbocycles. The highest BCUT2D eigenvalue weighted by Crippen LogP contribution is 2.15. The number of hydrogen-bond acceptors (Lipinski definition) is 2. The molecule has 1 aromatic rings. The smallest absolute Gasteiger partial charge is 0.290 e. The highest BCUT2D eigenvalue weighted by Gasteiger charge is 2.17. The van der Waals surface area contributed by atoms with Crippen LogP contribution in [0.4, 0.5) is 5.69 Å². The maximum absolute atomic E-state index is 12.1. The van der Waals surface area contributed by atoms with Crippen LogP contribution in [0.3, 0.4) is 0 Å². The van der Waals surface area contributed by atoms with Gasteiger partial charge in [-0.05, 0) is 25.2 Å². The van der Waals surface area contributed by atoms with Gasteiger partial charge in [0, 0.05) is 13.1 Å². The molecule has 0 atom stereocenters. The van der Waals surface area contributed by atoms with Gasteiger partial charge in [0.25, 0.3) is 5.56 Å². The van der Waals surface area contributed by atoms with Crippen LogP contribution in [0, 0.1) is 5.92 Å². The fourth-order valence-corrected chi connectivity index (χ4v) is 2.16. The molecule has 1 aromatic heterocycles. The van der Waals surface area contributed by atoms with Gasteiger partial charge in [-0.25, -0.2) is 4.68 Å². The average molecular weight is 239 g/mol. The van der Waals surface area contributed by atoms with Crippen molar-refractivity contribution >= 4 is 5.69 Å². The molecule has 98 valence electrons. The second-order valence-corrected chi connectivity index (χ2v) is 5.01. The first-order valence-corrected chi connectivity index (χ1v) is 6.60. The van der Waals surface area contributed by atoms with E-state index in [0.29, 0.717) is 11.6 Å². The van der Waals surface area contributed by atoms with Gasteiger partial charge in [-0.1, -0.05) is 27.7 Å². The third-order valence-corrected chi connectivity index (χ3v) is 2.85. The zero-order valence-corrected chi connectivity index (χ0v) is 11.5. The number of anilines is 1.